The van der Waals surface area contributed by atoms with Gasteiger partial charge < -0.3 is 9.47 Å². The van der Waals surface area contributed by atoms with Gasteiger partial charge in [-0.1, -0.05) is 13.8 Å². The van der Waals surface area contributed by atoms with E-state index in [9.17, 15) is 9.59 Å². The monoisotopic (exact) mass is 230 g/mol. The maximum absolute atomic E-state index is 11.5. The molecule has 0 fully saturated rings. The van der Waals surface area contributed by atoms with Crippen molar-refractivity contribution >= 4 is 11.9 Å². The number of ether oxygens (including phenoxy) is 2. The van der Waals surface area contributed by atoms with Crippen molar-refractivity contribution in [3.8, 4) is 0 Å². The molecule has 0 amide bonds. The Morgan fingerprint density at radius 2 is 1.62 bits per heavy atom. The van der Waals surface area contributed by atoms with Gasteiger partial charge >= 0.3 is 11.9 Å². The van der Waals surface area contributed by atoms with Crippen molar-refractivity contribution in [3.63, 3.8) is 0 Å². The van der Waals surface area contributed by atoms with E-state index in [2.05, 4.69) is 0 Å². The second-order valence-electron chi connectivity index (χ2n) is 5.25. The van der Waals surface area contributed by atoms with Crippen molar-refractivity contribution in [3.05, 3.63) is 0 Å². The Bertz CT molecular complexity index is 250. The molecule has 0 saturated heterocycles. The molecule has 0 aliphatic carbocycles. The van der Waals surface area contributed by atoms with Crippen LogP contribution in [0.4, 0.5) is 0 Å². The molecular formula is C12H22O4. The molecular weight excluding hydrogens is 208 g/mol. The fraction of sp³-hybridized carbons (Fsp3) is 0.833. The minimum atomic E-state index is -0.531. The van der Waals surface area contributed by atoms with Crippen LogP contribution in [0, 0.1) is 11.3 Å². The predicted octanol–water partition coefficient (Wildman–Crippen LogP) is 2.16. The van der Waals surface area contributed by atoms with Crippen molar-refractivity contribution < 1.29 is 19.1 Å². The first-order chi connectivity index (χ1) is 7.14. The first-order valence-electron chi connectivity index (χ1n) is 5.52. The third-order valence-corrected chi connectivity index (χ3v) is 1.85. The normalized spacial score (nSPS) is 13.4. The van der Waals surface area contributed by atoms with Gasteiger partial charge in [-0.05, 0) is 27.7 Å². The Kier molecular flexibility index (Phi) is 5.48. The molecule has 94 valence electrons. The summed E-state index contributed by atoms with van der Waals surface area (Å²) in [6, 6.07) is 0. The zero-order chi connectivity index (χ0) is 12.9. The van der Waals surface area contributed by atoms with E-state index < -0.39 is 11.5 Å². The zero-order valence-corrected chi connectivity index (χ0v) is 11.0. The highest BCUT2D eigenvalue weighted by molar-refractivity contribution is 5.75. The summed E-state index contributed by atoms with van der Waals surface area (Å²) >= 11 is 0. The molecule has 0 aromatic heterocycles. The molecule has 0 heterocycles. The molecule has 1 atom stereocenters. The van der Waals surface area contributed by atoms with Gasteiger partial charge in [0.1, 0.15) is 12.7 Å². The molecule has 0 spiro atoms. The lowest BCUT2D eigenvalue weighted by molar-refractivity contribution is -0.165. The van der Waals surface area contributed by atoms with Crippen LogP contribution in [0.15, 0.2) is 0 Å². The zero-order valence-electron chi connectivity index (χ0n) is 11.0. The van der Waals surface area contributed by atoms with Crippen LogP contribution in [-0.2, 0) is 19.1 Å². The highest BCUT2D eigenvalue weighted by atomic mass is 16.6. The van der Waals surface area contributed by atoms with Gasteiger partial charge in [-0.2, -0.15) is 0 Å². The SMILES string of the molecule is CC(COC(=O)C(C)C)OC(=O)C(C)(C)C. The van der Waals surface area contributed by atoms with Gasteiger partial charge in [0.15, 0.2) is 0 Å². The summed E-state index contributed by atoms with van der Waals surface area (Å²) in [6.45, 7) is 10.7. The Balaban J connectivity index is 3.97. The minimum Gasteiger partial charge on any atom is -0.462 e. The van der Waals surface area contributed by atoms with Gasteiger partial charge in [0.05, 0.1) is 11.3 Å². The Morgan fingerprint density at radius 1 is 1.12 bits per heavy atom. The van der Waals surface area contributed by atoms with Crippen LogP contribution in [0.3, 0.4) is 0 Å². The molecule has 0 N–H and O–H groups in total. The average molecular weight is 230 g/mol. The molecule has 0 rings (SSSR count). The summed E-state index contributed by atoms with van der Waals surface area (Å²) < 4.78 is 10.1. The summed E-state index contributed by atoms with van der Waals surface area (Å²) in [5, 5.41) is 0. The lowest BCUT2D eigenvalue weighted by Gasteiger charge is -2.21. The van der Waals surface area contributed by atoms with Gasteiger partial charge in [-0.25, -0.2) is 0 Å². The van der Waals surface area contributed by atoms with Crippen LogP contribution in [0.25, 0.3) is 0 Å². The van der Waals surface area contributed by atoms with E-state index in [1.807, 2.05) is 0 Å². The van der Waals surface area contributed by atoms with Gasteiger partial charge in [0.25, 0.3) is 0 Å². The Morgan fingerprint density at radius 3 is 2.00 bits per heavy atom. The van der Waals surface area contributed by atoms with E-state index >= 15 is 0 Å². The molecule has 0 aliphatic heterocycles. The van der Waals surface area contributed by atoms with E-state index in [0.29, 0.717) is 0 Å². The second-order valence-corrected chi connectivity index (χ2v) is 5.25. The van der Waals surface area contributed by atoms with Crippen molar-refractivity contribution in [2.24, 2.45) is 11.3 Å². The van der Waals surface area contributed by atoms with Crippen molar-refractivity contribution in [2.45, 2.75) is 47.6 Å². The topological polar surface area (TPSA) is 52.6 Å². The van der Waals surface area contributed by atoms with Crippen LogP contribution in [-0.4, -0.2) is 24.6 Å². The number of carbonyl (C=O) groups is 2. The number of rotatable bonds is 4. The third kappa shape index (κ3) is 5.73. The van der Waals surface area contributed by atoms with Crippen molar-refractivity contribution in [1.82, 2.24) is 0 Å². The standard InChI is InChI=1S/C12H22O4/c1-8(2)10(13)15-7-9(3)16-11(14)12(4,5)6/h8-9H,7H2,1-6H3. The van der Waals surface area contributed by atoms with E-state index in [-0.39, 0.29) is 24.5 Å². The van der Waals surface area contributed by atoms with Crippen LogP contribution in [0.2, 0.25) is 0 Å². The predicted molar refractivity (Wildman–Crippen MR) is 60.8 cm³/mol. The molecule has 4 heteroatoms. The Labute approximate surface area is 97.3 Å². The lowest BCUT2D eigenvalue weighted by atomic mass is 9.97. The van der Waals surface area contributed by atoms with Gasteiger partial charge in [0.2, 0.25) is 0 Å². The largest absolute Gasteiger partial charge is 0.462 e. The molecule has 0 bridgehead atoms. The van der Waals surface area contributed by atoms with E-state index in [1.54, 1.807) is 41.5 Å². The number of carbonyl (C=O) groups excluding carboxylic acids is 2. The van der Waals surface area contributed by atoms with Gasteiger partial charge in [-0.3, -0.25) is 9.59 Å². The highest BCUT2D eigenvalue weighted by Crippen LogP contribution is 2.16. The molecule has 0 aromatic rings. The number of hydrogen-bond acceptors (Lipinski definition) is 4. The fourth-order valence-electron chi connectivity index (χ4n) is 0.760. The highest BCUT2D eigenvalue weighted by Gasteiger charge is 2.25. The first-order valence-corrected chi connectivity index (χ1v) is 5.52. The lowest BCUT2D eigenvalue weighted by Crippen LogP contribution is -2.30. The van der Waals surface area contributed by atoms with E-state index in [4.69, 9.17) is 9.47 Å². The second kappa shape index (κ2) is 5.87. The van der Waals surface area contributed by atoms with Gasteiger partial charge in [-0.15, -0.1) is 0 Å². The molecule has 0 aliphatic rings. The maximum Gasteiger partial charge on any atom is 0.311 e. The first kappa shape index (κ1) is 14.9. The smallest absolute Gasteiger partial charge is 0.311 e. The molecule has 0 saturated carbocycles. The Hall–Kier alpha value is -1.06. The summed E-state index contributed by atoms with van der Waals surface area (Å²) in [4.78, 5) is 22.7. The van der Waals surface area contributed by atoms with E-state index in [0.717, 1.165) is 0 Å². The fourth-order valence-corrected chi connectivity index (χ4v) is 0.760. The maximum atomic E-state index is 11.5. The van der Waals surface area contributed by atoms with E-state index in [1.165, 1.54) is 0 Å². The van der Waals surface area contributed by atoms with Crippen LogP contribution >= 0.6 is 0 Å². The third-order valence-electron chi connectivity index (χ3n) is 1.85. The van der Waals surface area contributed by atoms with Gasteiger partial charge in [0, 0.05) is 0 Å². The van der Waals surface area contributed by atoms with Crippen molar-refractivity contribution in [1.29, 1.82) is 0 Å². The molecule has 0 aromatic carbocycles. The summed E-state index contributed by atoms with van der Waals surface area (Å²) in [5.41, 5.74) is -0.531. The molecule has 16 heavy (non-hydrogen) atoms. The quantitative estimate of drug-likeness (QED) is 0.694. The molecule has 4 nitrogen and oxygen atoms in total. The minimum absolute atomic E-state index is 0.110. The molecule has 0 radical (unpaired) electrons. The number of hydrogen-bond donors (Lipinski definition) is 0. The number of esters is 2. The summed E-state index contributed by atoms with van der Waals surface area (Å²) in [7, 11) is 0. The van der Waals surface area contributed by atoms with Crippen LogP contribution < -0.4 is 0 Å². The summed E-state index contributed by atoms with van der Waals surface area (Å²) in [6.07, 6.45) is -0.408. The van der Waals surface area contributed by atoms with Crippen LogP contribution in [0.1, 0.15) is 41.5 Å². The van der Waals surface area contributed by atoms with Crippen molar-refractivity contribution in [2.75, 3.05) is 6.61 Å². The average Bonchev–Trinajstić information content (AvgIpc) is 2.12. The van der Waals surface area contributed by atoms with Crippen LogP contribution in [0.5, 0.6) is 0 Å². The summed E-state index contributed by atoms with van der Waals surface area (Å²) in [5.74, 6) is -0.732. The molecule has 1 unspecified atom stereocenters.